The fourth-order valence-electron chi connectivity index (χ4n) is 18.5. The van der Waals surface area contributed by atoms with Crippen LogP contribution in [0.4, 0.5) is 0 Å². The molecule has 11 saturated heterocycles. The van der Waals surface area contributed by atoms with E-state index in [1.54, 1.807) is 0 Å². The Morgan fingerprint density at radius 2 is 0.385 bits per heavy atom. The Morgan fingerprint density at radius 1 is 0.182 bits per heavy atom. The molecule has 0 radical (unpaired) electrons. The van der Waals surface area contributed by atoms with Gasteiger partial charge in [0.1, 0.15) is 268 Å². The monoisotopic (exact) mass is 2090 g/mol. The van der Waals surface area contributed by atoms with Crippen molar-refractivity contribution in [2.45, 2.75) is 386 Å². The van der Waals surface area contributed by atoms with Crippen molar-refractivity contribution in [1.82, 2.24) is 37.2 Å². The first kappa shape index (κ1) is 118. The molecule has 0 aromatic carbocycles. The van der Waals surface area contributed by atoms with Crippen molar-refractivity contribution in [1.29, 1.82) is 0 Å². The molecule has 0 bridgehead atoms. The van der Waals surface area contributed by atoms with E-state index < -0.39 is 451 Å². The van der Waals surface area contributed by atoms with Gasteiger partial charge < -0.3 is 280 Å². The van der Waals surface area contributed by atoms with Gasteiger partial charge in [0.05, 0.1) is 72.7 Å². The first-order valence-electron chi connectivity index (χ1n) is 45.6. The van der Waals surface area contributed by atoms with Gasteiger partial charge in [-0.2, -0.15) is 0 Å². The minimum absolute atomic E-state index is 0.834. The number of amides is 7. The quantitative estimate of drug-likeness (QED) is 0.0273. The molecule has 143 heavy (non-hydrogen) atoms. The van der Waals surface area contributed by atoms with Crippen molar-refractivity contribution < 1.29 is 276 Å². The van der Waals surface area contributed by atoms with Gasteiger partial charge in [-0.15, -0.1) is 0 Å². The summed E-state index contributed by atoms with van der Waals surface area (Å²) in [5, 5.41) is 337. The Balaban J connectivity index is 0.988. The molecule has 0 saturated carbocycles. The predicted octanol–water partition coefficient (Wildman–Crippen LogP) is -24.0. The van der Waals surface area contributed by atoms with E-state index in [9.17, 15) is 177 Å². The highest BCUT2D eigenvalue weighted by Crippen LogP contribution is 2.42. The van der Waals surface area contributed by atoms with E-state index in [1.165, 1.54) is 0 Å². The number of aliphatic hydroxyl groups is 28. The van der Waals surface area contributed by atoms with E-state index in [1.807, 2.05) is 0 Å². The molecule has 0 aromatic rings. The van der Waals surface area contributed by atoms with E-state index in [2.05, 4.69) is 37.2 Å². The third kappa shape index (κ3) is 26.9. The molecule has 0 aromatic heterocycles. The number of hydrogen-bond donors (Lipinski definition) is 35. The number of hydrogen-bond acceptors (Lipinski definition) is 56. The molecule has 11 aliphatic rings. The summed E-state index contributed by atoms with van der Waals surface area (Å²) in [6.07, 6.45) is -105. The molecule has 824 valence electrons. The van der Waals surface area contributed by atoms with E-state index in [0.717, 1.165) is 48.5 Å². The number of rotatable bonds is 38. The van der Waals surface area contributed by atoms with Crippen LogP contribution in [0.5, 0.6) is 0 Å². The Kier molecular flexibility index (Phi) is 42.7. The van der Waals surface area contributed by atoms with Gasteiger partial charge in [-0.1, -0.05) is 0 Å². The normalized spacial score (nSPS) is 47.3. The van der Waals surface area contributed by atoms with Crippen molar-refractivity contribution in [3.05, 3.63) is 0 Å². The highest BCUT2D eigenvalue weighted by molar-refractivity contribution is 5.75. The summed E-state index contributed by atoms with van der Waals surface area (Å²) in [4.78, 5) is 89.8. The van der Waals surface area contributed by atoms with Crippen molar-refractivity contribution in [3.63, 3.8) is 0 Å². The SMILES string of the molecule is CC(=O)N[C@@H]1[C@@H](O)[C@H](O[C@@H]2O[C@H](CO)[C@@H](O[C@@H]3O[C@H](CO[C@H]4O[C@H](CO[C@@H]5O[C@H](CO)[C@@H](O)[C@H](O)[C@H]5NC(C)=O)[C@@H](O)[C@H](O)[C@@H]4O[C@@H]4O[C@H](CO)[C@@H](O[C@@H]5O[C@H](CO)[C@H](O)[C@H](O[C@@H]6O[C@H](CO)[C@@H](O)[C@H](O)[C@H]6NC(C)=O)[C@H]5O)[C@H](O)[C@H]4NC(C)=O)[C@@H](O)[C@H](O[C@H]4O[C@H](CO)[C@@H](O[C@@H]5O[C@H](CO)[C@@H](O)[C@H](O)[C@H]5NC(C)=O)[C@H](O)[C@@H]4O[C@@H]4O[C@H](CO)[C@@H](O)[C@H](O)[C@H]4NC(C)=O)[C@@H]3O)[C@H](O)[C@H]2NC(C)=O)[C@@H](CO)O[C@H]1O. The largest absolute Gasteiger partial charge is 0.394 e. The van der Waals surface area contributed by atoms with E-state index >= 15 is 0 Å². The van der Waals surface area contributed by atoms with Gasteiger partial charge in [-0.25, -0.2) is 0 Å². The highest BCUT2D eigenvalue weighted by atomic mass is 16.8. The molecule has 0 unspecified atom stereocenters. The predicted molar refractivity (Wildman–Crippen MR) is 444 cm³/mol. The van der Waals surface area contributed by atoms with Crippen LogP contribution in [0.25, 0.3) is 0 Å². The summed E-state index contributed by atoms with van der Waals surface area (Å²) < 4.78 is 128. The first-order valence-corrected chi connectivity index (χ1v) is 45.6. The number of carbonyl (C=O) groups excluding carboxylic acids is 7. The minimum atomic E-state index is -2.74. The number of aliphatic hydroxyl groups excluding tert-OH is 28. The molecule has 7 amide bonds. The summed E-state index contributed by atoms with van der Waals surface area (Å²) in [6, 6.07) is -13.2. The lowest BCUT2D eigenvalue weighted by atomic mass is 9.93. The third-order valence-electron chi connectivity index (χ3n) is 25.8. The highest BCUT2D eigenvalue weighted by Gasteiger charge is 2.63. The van der Waals surface area contributed by atoms with E-state index in [0.29, 0.717) is 0 Å². The van der Waals surface area contributed by atoms with Crippen molar-refractivity contribution in [2.75, 3.05) is 72.7 Å². The molecule has 11 rings (SSSR count). The zero-order valence-electron chi connectivity index (χ0n) is 77.5. The van der Waals surface area contributed by atoms with Gasteiger partial charge in [-0.05, 0) is 0 Å². The summed E-state index contributed by atoms with van der Waals surface area (Å²) >= 11 is 0. The van der Waals surface area contributed by atoms with Crippen LogP contribution in [0, 0.1) is 0 Å². The second kappa shape index (κ2) is 51.9. The van der Waals surface area contributed by atoms with E-state index in [-0.39, 0.29) is 0 Å². The molecule has 63 nitrogen and oxygen atoms in total. The molecule has 63 heteroatoms. The summed E-state index contributed by atoms with van der Waals surface area (Å²) in [5.74, 6) is -6.52. The van der Waals surface area contributed by atoms with Crippen LogP contribution in [0.1, 0.15) is 48.5 Å². The molecule has 0 spiro atoms. The maximum atomic E-state index is 13.5. The van der Waals surface area contributed by atoms with Crippen molar-refractivity contribution in [3.8, 4) is 0 Å². The zero-order chi connectivity index (χ0) is 105. The summed E-state index contributed by atoms with van der Waals surface area (Å²) in [5.41, 5.74) is 0. The van der Waals surface area contributed by atoms with Crippen LogP contribution in [-0.2, 0) is 133 Å². The van der Waals surface area contributed by atoms with Gasteiger partial charge in [0.15, 0.2) is 69.2 Å². The fraction of sp³-hybridized carbons (Fsp3) is 0.912. The standard InChI is InChI=1S/C80H133N7O56/c1-19(97)81-37-55(115)62(31(13-93)125-70(37)122)136-75-42(86-24(6)102)56(116)64(32(14-94)131-75)139-78-61(121)67(141-80-69(143-74-41(85-23(5)101)54(114)47(107)29(11-91)129-74)59(119)65(34(16-96)133-80)137-72-39(83-21(3)99)52(112)45(105)27(9-89)127-72)50(110)36(134-78)18-124-79-68(58(118)48(108)35(135-79)17-123-71-38(82-20(2)98)51(111)44(104)26(8-88)126-71)142-76-43(87-25(7)103)57(117)63(33(15-95)132-76)138-77-60(120)66(49(109)30(12-92)130-77)140-73-40(84-22(4)100)53(113)46(106)28(10-90)128-73/h26-80,88-96,104-122H,8-18H2,1-7H3,(H,81,97)(H,82,98)(H,83,99)(H,84,100)(H,85,101)(H,86,102)(H,87,103)/t26-,27-,28-,29-,30-,31-,32-,33-,34-,35-,36-,37-,38-,39-,40-,41-,42-,43-,44-,45-,46-,47-,48-,49+,50-,51-,52-,53-,54-,55-,56-,57-,58+,59+,60-,61+,62-,63-,64-,65-,66+,67+,68+,69+,70-,71-,72+,73+,74+,75+,76+,77+,78+,79+,80-/m1/s1. The van der Waals surface area contributed by atoms with Crippen LogP contribution in [-0.4, -0.2) is 594 Å². The Morgan fingerprint density at radius 3 is 0.727 bits per heavy atom. The van der Waals surface area contributed by atoms with Gasteiger partial charge in [0.25, 0.3) is 0 Å². The van der Waals surface area contributed by atoms with E-state index in [4.69, 9.17) is 99.5 Å². The van der Waals surface area contributed by atoms with Gasteiger partial charge in [0.2, 0.25) is 41.4 Å². The van der Waals surface area contributed by atoms with Crippen molar-refractivity contribution >= 4 is 41.4 Å². The summed E-state index contributed by atoms with van der Waals surface area (Å²) in [7, 11) is 0. The Labute approximate surface area is 810 Å². The van der Waals surface area contributed by atoms with Crippen LogP contribution in [0.15, 0.2) is 0 Å². The van der Waals surface area contributed by atoms with Gasteiger partial charge in [0, 0.05) is 48.5 Å². The molecule has 55 atom stereocenters. The lowest BCUT2D eigenvalue weighted by molar-refractivity contribution is -0.403. The fourth-order valence-corrected chi connectivity index (χ4v) is 18.5. The average molecular weight is 2090 g/mol. The van der Waals surface area contributed by atoms with Gasteiger partial charge in [-0.3, -0.25) is 33.6 Å². The first-order chi connectivity index (χ1) is 67.6. The van der Waals surface area contributed by atoms with Crippen LogP contribution in [0.3, 0.4) is 0 Å². The Bertz CT molecular complexity index is 4050. The maximum absolute atomic E-state index is 13.5. The molecule has 0 aliphatic carbocycles. The second-order valence-electron chi connectivity index (χ2n) is 36.0. The zero-order valence-corrected chi connectivity index (χ0v) is 77.5. The third-order valence-corrected chi connectivity index (χ3v) is 25.8. The number of carbonyl (C=O) groups is 7. The molecule has 11 aliphatic heterocycles. The second-order valence-corrected chi connectivity index (χ2v) is 36.0. The maximum Gasteiger partial charge on any atom is 0.217 e. The number of ether oxygens (including phenoxy) is 21. The van der Waals surface area contributed by atoms with Crippen LogP contribution in [0.2, 0.25) is 0 Å². The average Bonchev–Trinajstić information content (AvgIpc) is 0.742. The molecular formula is C80H133N7O56. The van der Waals surface area contributed by atoms with Crippen molar-refractivity contribution in [2.24, 2.45) is 0 Å². The van der Waals surface area contributed by atoms with Crippen LogP contribution >= 0.6 is 0 Å². The summed E-state index contributed by atoms with van der Waals surface area (Å²) in [6.45, 7) is -6.26. The Hall–Kier alpha value is -5.67. The molecule has 11 fully saturated rings. The minimum Gasteiger partial charge on any atom is -0.394 e. The molecule has 11 heterocycles. The number of nitrogens with one attached hydrogen (secondary N) is 7. The molecular weight excluding hydrogens is 1950 g/mol. The molecule has 35 N–H and O–H groups in total. The lowest BCUT2D eigenvalue weighted by Gasteiger charge is -2.52. The van der Waals surface area contributed by atoms with Crippen LogP contribution < -0.4 is 37.2 Å². The smallest absolute Gasteiger partial charge is 0.217 e. The van der Waals surface area contributed by atoms with Gasteiger partial charge >= 0.3 is 0 Å². The topological polar surface area (TPSA) is 964 Å². The lowest BCUT2D eigenvalue weighted by Crippen LogP contribution is -2.71.